The molecule has 0 aliphatic carbocycles. The van der Waals surface area contributed by atoms with Crippen molar-refractivity contribution in [2.75, 3.05) is 0 Å². The minimum absolute atomic E-state index is 1.33. The molecular formula is C15H14S2. The van der Waals surface area contributed by atoms with Gasteiger partial charge >= 0.3 is 0 Å². The molecule has 0 radical (unpaired) electrons. The van der Waals surface area contributed by atoms with Crippen LogP contribution in [0.3, 0.4) is 0 Å². The van der Waals surface area contributed by atoms with E-state index in [-0.39, 0.29) is 0 Å². The summed E-state index contributed by atoms with van der Waals surface area (Å²) in [5.74, 6) is 0. The van der Waals surface area contributed by atoms with Gasteiger partial charge in [-0.2, -0.15) is 0 Å². The Bertz CT molecular complexity index is 655. The molecule has 3 rings (SSSR count). The first kappa shape index (κ1) is 11.0. The standard InChI is InChI=1S/C15H14S2/c1-9-4-5-12(10(2)6-9)13-8-15-14(17-13)7-11(3)16-15/h4-8H,1-3H3. The van der Waals surface area contributed by atoms with Crippen LogP contribution >= 0.6 is 22.7 Å². The highest BCUT2D eigenvalue weighted by Crippen LogP contribution is 2.39. The Morgan fingerprint density at radius 1 is 0.824 bits per heavy atom. The van der Waals surface area contributed by atoms with E-state index in [1.54, 1.807) is 0 Å². The molecule has 0 spiro atoms. The van der Waals surface area contributed by atoms with E-state index >= 15 is 0 Å². The molecule has 0 bridgehead atoms. The minimum Gasteiger partial charge on any atom is -0.140 e. The second kappa shape index (κ2) is 3.97. The maximum absolute atomic E-state index is 2.33. The van der Waals surface area contributed by atoms with E-state index in [1.807, 2.05) is 22.7 Å². The van der Waals surface area contributed by atoms with E-state index in [4.69, 9.17) is 0 Å². The van der Waals surface area contributed by atoms with Crippen molar-refractivity contribution in [1.29, 1.82) is 0 Å². The molecule has 2 heterocycles. The Morgan fingerprint density at radius 2 is 1.59 bits per heavy atom. The highest BCUT2D eigenvalue weighted by molar-refractivity contribution is 7.29. The minimum atomic E-state index is 1.33. The van der Waals surface area contributed by atoms with Crippen molar-refractivity contribution >= 4 is 32.1 Å². The van der Waals surface area contributed by atoms with Gasteiger partial charge in [-0.3, -0.25) is 0 Å². The predicted octanol–water partition coefficient (Wildman–Crippen LogP) is 5.56. The molecule has 0 atom stereocenters. The van der Waals surface area contributed by atoms with Crippen LogP contribution in [-0.4, -0.2) is 0 Å². The first-order valence-corrected chi connectivity index (χ1v) is 7.34. The molecule has 17 heavy (non-hydrogen) atoms. The Morgan fingerprint density at radius 3 is 2.29 bits per heavy atom. The van der Waals surface area contributed by atoms with Gasteiger partial charge in [0.2, 0.25) is 0 Å². The normalized spacial score (nSPS) is 11.2. The van der Waals surface area contributed by atoms with Crippen LogP contribution in [0.2, 0.25) is 0 Å². The van der Waals surface area contributed by atoms with Crippen LogP contribution < -0.4 is 0 Å². The van der Waals surface area contributed by atoms with Gasteiger partial charge in [0.15, 0.2) is 0 Å². The van der Waals surface area contributed by atoms with Crippen molar-refractivity contribution in [2.24, 2.45) is 0 Å². The zero-order chi connectivity index (χ0) is 12.0. The first-order valence-electron chi connectivity index (χ1n) is 5.71. The van der Waals surface area contributed by atoms with Crippen LogP contribution in [0.1, 0.15) is 16.0 Å². The van der Waals surface area contributed by atoms with E-state index in [1.165, 1.54) is 35.8 Å². The maximum Gasteiger partial charge on any atom is 0.0459 e. The Balaban J connectivity index is 2.16. The van der Waals surface area contributed by atoms with Gasteiger partial charge in [-0.1, -0.05) is 23.8 Å². The van der Waals surface area contributed by atoms with Crippen LogP contribution in [0.4, 0.5) is 0 Å². The van der Waals surface area contributed by atoms with Gasteiger partial charge in [0, 0.05) is 19.2 Å². The van der Waals surface area contributed by atoms with Gasteiger partial charge in [-0.05, 0) is 44.0 Å². The summed E-state index contributed by atoms with van der Waals surface area (Å²) in [7, 11) is 0. The predicted molar refractivity (Wildman–Crippen MR) is 79.3 cm³/mol. The maximum atomic E-state index is 2.33. The van der Waals surface area contributed by atoms with Gasteiger partial charge in [0.1, 0.15) is 0 Å². The van der Waals surface area contributed by atoms with Crippen molar-refractivity contribution in [2.45, 2.75) is 20.8 Å². The summed E-state index contributed by atoms with van der Waals surface area (Å²) in [5, 5.41) is 0. The number of hydrogen-bond acceptors (Lipinski definition) is 2. The molecule has 2 aromatic heterocycles. The number of fused-ring (bicyclic) bond motifs is 1. The van der Waals surface area contributed by atoms with Crippen LogP contribution in [0, 0.1) is 20.8 Å². The van der Waals surface area contributed by atoms with Crippen LogP contribution in [-0.2, 0) is 0 Å². The summed E-state index contributed by atoms with van der Waals surface area (Å²) in [6.45, 7) is 6.52. The van der Waals surface area contributed by atoms with Crippen molar-refractivity contribution in [1.82, 2.24) is 0 Å². The van der Waals surface area contributed by atoms with Gasteiger partial charge in [-0.15, -0.1) is 22.7 Å². The topological polar surface area (TPSA) is 0 Å². The number of aryl methyl sites for hydroxylation is 3. The zero-order valence-electron chi connectivity index (χ0n) is 10.2. The SMILES string of the molecule is Cc1ccc(-c2cc3sc(C)cc3s2)c(C)c1. The number of rotatable bonds is 1. The lowest BCUT2D eigenvalue weighted by molar-refractivity contribution is 1.39. The van der Waals surface area contributed by atoms with Crippen molar-refractivity contribution in [3.8, 4) is 10.4 Å². The van der Waals surface area contributed by atoms with Crippen LogP contribution in [0.5, 0.6) is 0 Å². The second-order valence-corrected chi connectivity index (χ2v) is 6.89. The third kappa shape index (κ3) is 1.92. The summed E-state index contributed by atoms with van der Waals surface area (Å²) in [5.41, 5.74) is 4.08. The van der Waals surface area contributed by atoms with Gasteiger partial charge < -0.3 is 0 Å². The molecule has 2 heteroatoms. The van der Waals surface area contributed by atoms with E-state index in [2.05, 4.69) is 51.1 Å². The van der Waals surface area contributed by atoms with E-state index < -0.39 is 0 Å². The van der Waals surface area contributed by atoms with Gasteiger partial charge in [0.05, 0.1) is 0 Å². The molecule has 0 aliphatic rings. The molecule has 0 saturated heterocycles. The van der Waals surface area contributed by atoms with E-state index in [0.29, 0.717) is 0 Å². The third-order valence-corrected chi connectivity index (χ3v) is 5.22. The fourth-order valence-electron chi connectivity index (χ4n) is 2.18. The molecule has 0 amide bonds. The highest BCUT2D eigenvalue weighted by atomic mass is 32.1. The summed E-state index contributed by atoms with van der Waals surface area (Å²) >= 11 is 3.79. The third-order valence-electron chi connectivity index (χ3n) is 2.98. The van der Waals surface area contributed by atoms with Gasteiger partial charge in [-0.25, -0.2) is 0 Å². The first-order chi connectivity index (χ1) is 8.13. The molecular weight excluding hydrogens is 244 g/mol. The van der Waals surface area contributed by atoms with Crippen molar-refractivity contribution in [3.63, 3.8) is 0 Å². The summed E-state index contributed by atoms with van der Waals surface area (Å²) in [4.78, 5) is 2.79. The lowest BCUT2D eigenvalue weighted by Gasteiger charge is -2.03. The molecule has 86 valence electrons. The Kier molecular flexibility index (Phi) is 2.57. The average Bonchev–Trinajstić information content (AvgIpc) is 2.74. The van der Waals surface area contributed by atoms with Crippen molar-refractivity contribution in [3.05, 3.63) is 46.3 Å². The molecule has 3 aromatic rings. The molecule has 0 saturated carbocycles. The van der Waals surface area contributed by atoms with Gasteiger partial charge in [0.25, 0.3) is 0 Å². The fraction of sp³-hybridized carbons (Fsp3) is 0.200. The van der Waals surface area contributed by atoms with Crippen LogP contribution in [0.15, 0.2) is 30.3 Å². The Hall–Kier alpha value is -1.12. The quantitative estimate of drug-likeness (QED) is 0.536. The molecule has 0 fully saturated rings. The van der Waals surface area contributed by atoms with E-state index in [0.717, 1.165) is 0 Å². The summed E-state index contributed by atoms with van der Waals surface area (Å²) < 4.78 is 2.84. The van der Waals surface area contributed by atoms with E-state index in [9.17, 15) is 0 Å². The fourth-order valence-corrected chi connectivity index (χ4v) is 4.59. The second-order valence-electron chi connectivity index (χ2n) is 4.51. The average molecular weight is 258 g/mol. The number of benzene rings is 1. The summed E-state index contributed by atoms with van der Waals surface area (Å²) in [6, 6.07) is 11.3. The summed E-state index contributed by atoms with van der Waals surface area (Å²) in [6.07, 6.45) is 0. The number of thiophene rings is 2. The molecule has 1 aromatic carbocycles. The number of hydrogen-bond donors (Lipinski definition) is 0. The smallest absolute Gasteiger partial charge is 0.0459 e. The molecule has 0 N–H and O–H groups in total. The molecule has 0 unspecified atom stereocenters. The van der Waals surface area contributed by atoms with Crippen LogP contribution in [0.25, 0.3) is 19.8 Å². The Labute approximate surface area is 110 Å². The molecule has 0 nitrogen and oxygen atoms in total. The zero-order valence-corrected chi connectivity index (χ0v) is 11.8. The molecule has 0 aliphatic heterocycles. The lowest BCUT2D eigenvalue weighted by Crippen LogP contribution is -1.81. The van der Waals surface area contributed by atoms with Crippen molar-refractivity contribution < 1.29 is 0 Å². The largest absolute Gasteiger partial charge is 0.140 e. The monoisotopic (exact) mass is 258 g/mol. The lowest BCUT2D eigenvalue weighted by atomic mass is 10.0. The highest BCUT2D eigenvalue weighted by Gasteiger charge is 2.08.